The average molecular weight is 862 g/mol. The van der Waals surface area contributed by atoms with Crippen LogP contribution < -0.4 is 0 Å². The second kappa shape index (κ2) is 20.8. The number of fused-ring (bicyclic) bond motifs is 1. The van der Waals surface area contributed by atoms with Gasteiger partial charge < -0.3 is 47.1 Å². The van der Waals surface area contributed by atoms with Crippen LogP contribution in [-0.4, -0.2) is 94.8 Å². The number of carbonyl (C=O) groups is 2. The van der Waals surface area contributed by atoms with Crippen molar-refractivity contribution in [3.05, 3.63) is 118 Å². The van der Waals surface area contributed by atoms with E-state index < -0.39 is 87.9 Å². The first-order valence-electron chi connectivity index (χ1n) is 20.8. The van der Waals surface area contributed by atoms with E-state index in [-0.39, 0.29) is 37.4 Å². The molecule has 3 heterocycles. The second-order valence-corrected chi connectivity index (χ2v) is 21.5. The zero-order chi connectivity index (χ0) is 43.7. The van der Waals surface area contributed by atoms with E-state index in [1.54, 1.807) is 0 Å². The van der Waals surface area contributed by atoms with E-state index >= 15 is 0 Å². The third kappa shape index (κ3) is 11.4. The molecule has 0 spiro atoms. The zero-order valence-corrected chi connectivity index (χ0v) is 37.2. The van der Waals surface area contributed by atoms with E-state index in [2.05, 4.69) is 50.8 Å². The van der Waals surface area contributed by atoms with Gasteiger partial charge in [-0.1, -0.05) is 124 Å². The molecule has 0 bridgehead atoms. The quantitative estimate of drug-likeness (QED) is 0.0422. The summed E-state index contributed by atoms with van der Waals surface area (Å²) in [7, 11) is -2.67. The van der Waals surface area contributed by atoms with Gasteiger partial charge in [-0.15, -0.1) is 0 Å². The molecule has 6 rings (SSSR count). The summed E-state index contributed by atoms with van der Waals surface area (Å²) in [5, 5.41) is 3.99. The summed E-state index contributed by atoms with van der Waals surface area (Å²) in [5.41, 5.74) is 12.6. The molecule has 1 unspecified atom stereocenters. The Bertz CT molecular complexity index is 1920. The Morgan fingerprint density at radius 1 is 0.803 bits per heavy atom. The number of nitrogens with zero attached hydrogens (tertiary/aromatic N) is 3. The van der Waals surface area contributed by atoms with Crippen molar-refractivity contribution >= 4 is 20.3 Å². The molecule has 0 aliphatic carbocycles. The molecule has 330 valence electrons. The van der Waals surface area contributed by atoms with Crippen molar-refractivity contribution in [2.75, 3.05) is 13.2 Å². The van der Waals surface area contributed by atoms with Crippen LogP contribution >= 0.6 is 0 Å². The first-order valence-corrected chi connectivity index (χ1v) is 23.7. The van der Waals surface area contributed by atoms with Gasteiger partial charge in [-0.3, -0.25) is 9.59 Å². The van der Waals surface area contributed by atoms with Gasteiger partial charge in [0.1, 0.15) is 49.3 Å². The molecule has 0 aromatic heterocycles. The predicted molar refractivity (Wildman–Crippen MR) is 225 cm³/mol. The van der Waals surface area contributed by atoms with E-state index in [1.807, 2.05) is 91.0 Å². The highest BCUT2D eigenvalue weighted by Gasteiger charge is 2.57. The number of hydrogen-bond donors (Lipinski definition) is 0. The second-order valence-electron chi connectivity index (χ2n) is 17.0. The predicted octanol–water partition coefficient (Wildman–Crippen LogP) is 7.94. The summed E-state index contributed by atoms with van der Waals surface area (Å²) in [5.74, 6) is -0.927. The number of ether oxygens (including phenoxy) is 9. The molecule has 15 nitrogen and oxygen atoms in total. The normalized spacial score (nSPS) is 29.2. The van der Waals surface area contributed by atoms with Crippen LogP contribution in [0.4, 0.5) is 0 Å². The molecular weight excluding hydrogens is 803 g/mol. The van der Waals surface area contributed by atoms with Crippen molar-refractivity contribution in [1.29, 1.82) is 0 Å². The molecular formula is C45H59N3O12Si. The number of esters is 2. The summed E-state index contributed by atoms with van der Waals surface area (Å²) >= 11 is 0. The summed E-state index contributed by atoms with van der Waals surface area (Å²) in [6.45, 7) is 15.4. The van der Waals surface area contributed by atoms with Crippen LogP contribution in [0, 0.1) is 5.92 Å². The fraction of sp³-hybridized carbons (Fsp3) is 0.556. The lowest BCUT2D eigenvalue weighted by Gasteiger charge is -2.52. The first kappa shape index (κ1) is 46.3. The minimum Gasteiger partial charge on any atom is -0.463 e. The van der Waals surface area contributed by atoms with Crippen molar-refractivity contribution in [3.63, 3.8) is 0 Å². The molecule has 11 atom stereocenters. The molecule has 3 aliphatic rings. The van der Waals surface area contributed by atoms with Crippen molar-refractivity contribution in [1.82, 2.24) is 0 Å². The molecule has 3 aromatic rings. The largest absolute Gasteiger partial charge is 0.463 e. The maximum atomic E-state index is 13.0. The fourth-order valence-corrected chi connectivity index (χ4v) is 10.1. The Balaban J connectivity index is 1.40. The monoisotopic (exact) mass is 861 g/mol. The molecule has 3 saturated heterocycles. The van der Waals surface area contributed by atoms with E-state index in [0.717, 1.165) is 16.7 Å². The summed E-state index contributed by atoms with van der Waals surface area (Å²) in [6.07, 6.45) is -10.1. The topological polar surface area (TPSA) is 175 Å². The Morgan fingerprint density at radius 3 is 1.95 bits per heavy atom. The molecule has 3 fully saturated rings. The first-order chi connectivity index (χ1) is 29.2. The molecule has 0 N–H and O–H groups in total. The Kier molecular flexibility index (Phi) is 15.8. The van der Waals surface area contributed by atoms with Gasteiger partial charge in [0, 0.05) is 24.3 Å². The molecule has 61 heavy (non-hydrogen) atoms. The highest BCUT2D eigenvalue weighted by Crippen LogP contribution is 2.47. The Morgan fingerprint density at radius 2 is 1.39 bits per heavy atom. The molecule has 3 aliphatic heterocycles. The lowest BCUT2D eigenvalue weighted by molar-refractivity contribution is -0.385. The van der Waals surface area contributed by atoms with Crippen molar-refractivity contribution in [3.8, 4) is 0 Å². The van der Waals surface area contributed by atoms with E-state index in [4.69, 9.17) is 47.1 Å². The van der Waals surface area contributed by atoms with E-state index in [1.165, 1.54) is 13.8 Å². The third-order valence-corrected chi connectivity index (χ3v) is 16.7. The highest BCUT2D eigenvalue weighted by atomic mass is 28.4. The van der Waals surface area contributed by atoms with Gasteiger partial charge in [0.15, 0.2) is 33.3 Å². The van der Waals surface area contributed by atoms with Gasteiger partial charge >= 0.3 is 11.9 Å². The minimum atomic E-state index is -2.67. The molecule has 16 heteroatoms. The average Bonchev–Trinajstić information content (AvgIpc) is 3.24. The minimum absolute atomic E-state index is 0.0800. The van der Waals surface area contributed by atoms with Crippen LogP contribution in [0.1, 0.15) is 64.5 Å². The third-order valence-electron chi connectivity index (χ3n) is 12.2. The van der Waals surface area contributed by atoms with Gasteiger partial charge in [-0.2, -0.15) is 0 Å². The molecule has 3 aromatic carbocycles. The maximum Gasteiger partial charge on any atom is 0.303 e. The summed E-state index contributed by atoms with van der Waals surface area (Å²) < 4.78 is 65.0. The highest BCUT2D eigenvalue weighted by molar-refractivity contribution is 6.74. The number of carbonyl (C=O) groups excluding carboxylic acids is 2. The van der Waals surface area contributed by atoms with Gasteiger partial charge in [-0.25, -0.2) is 0 Å². The summed E-state index contributed by atoms with van der Waals surface area (Å²) in [6, 6.07) is 27.5. The maximum absolute atomic E-state index is 13.0. The van der Waals surface area contributed by atoms with E-state index in [9.17, 15) is 15.1 Å². The van der Waals surface area contributed by atoms with Crippen LogP contribution in [0.25, 0.3) is 10.4 Å². The van der Waals surface area contributed by atoms with Crippen LogP contribution in [0.2, 0.25) is 18.1 Å². The van der Waals surface area contributed by atoms with Gasteiger partial charge in [0.25, 0.3) is 0 Å². The number of hydrogen-bond acceptors (Lipinski definition) is 13. The van der Waals surface area contributed by atoms with Crippen LogP contribution in [0.3, 0.4) is 0 Å². The lowest BCUT2D eigenvalue weighted by Crippen LogP contribution is -2.67. The number of azide groups is 1. The zero-order valence-electron chi connectivity index (χ0n) is 36.2. The molecule has 0 amide bonds. The van der Waals surface area contributed by atoms with Crippen LogP contribution in [0.5, 0.6) is 0 Å². The Labute approximate surface area is 358 Å². The number of benzene rings is 3. The van der Waals surface area contributed by atoms with Gasteiger partial charge in [0.2, 0.25) is 0 Å². The summed E-state index contributed by atoms with van der Waals surface area (Å²) in [4.78, 5) is 28.6. The smallest absolute Gasteiger partial charge is 0.303 e. The molecule has 0 saturated carbocycles. The standard InChI is InChI=1S/C45H59N3O12Si/c1-28(2)45(5,6)61(7,8)60-43-36(47-48-46)39(52-24-31-18-12-9-13-19-31)37(34(56-43)26-51-29(3)49)59-44-41(55-30(4)50)40(53-25-32-20-14-10-15-21-32)38-35(57-44)27-54-42(58-38)33-22-16-11-17-23-33/h9-23,28,34-44H,24-27H2,1-8H3/t34-,35-,36-,37-,38-,39-,40+,41-,42?,43+,44+/m1/s1. The fourth-order valence-electron chi connectivity index (χ4n) is 7.63. The Hall–Kier alpha value is -4.19. The van der Waals surface area contributed by atoms with Crippen LogP contribution in [0.15, 0.2) is 96.1 Å². The lowest BCUT2D eigenvalue weighted by atomic mass is 9.95. The molecule has 0 radical (unpaired) electrons. The van der Waals surface area contributed by atoms with Crippen molar-refractivity contribution in [2.45, 2.75) is 141 Å². The van der Waals surface area contributed by atoms with Gasteiger partial charge in [-0.05, 0) is 40.7 Å². The van der Waals surface area contributed by atoms with E-state index in [0.29, 0.717) is 0 Å². The van der Waals surface area contributed by atoms with Crippen LogP contribution in [-0.2, 0) is 69.9 Å². The van der Waals surface area contributed by atoms with Gasteiger partial charge in [0.05, 0.1) is 19.8 Å². The van der Waals surface area contributed by atoms with Crippen molar-refractivity contribution < 1.29 is 56.6 Å². The SMILES string of the molecule is CC(=O)OC[C@H]1O[C@@H](O[Si](C)(C)C(C)(C)C(C)C)[C@H](N=[N+]=[N-])[C@@H](OCc2ccccc2)[C@@H]1O[C@@H]1O[C@@H]2COC(c3ccccc3)O[C@H]2[C@H](OCc2ccccc2)[C@H]1OC(C)=O. The van der Waals surface area contributed by atoms with Crippen molar-refractivity contribution in [2.24, 2.45) is 11.0 Å². The number of rotatable bonds is 17.